The van der Waals surface area contributed by atoms with Crippen molar-refractivity contribution in [2.24, 2.45) is 0 Å². The van der Waals surface area contributed by atoms with Gasteiger partial charge in [-0.3, -0.25) is 4.79 Å². The molecule has 0 saturated carbocycles. The van der Waals surface area contributed by atoms with Gasteiger partial charge in [-0.1, -0.05) is 161 Å². The van der Waals surface area contributed by atoms with Crippen molar-refractivity contribution >= 4 is 5.97 Å². The van der Waals surface area contributed by atoms with Crippen molar-refractivity contribution in [2.75, 3.05) is 0 Å². The van der Waals surface area contributed by atoms with E-state index in [1.807, 2.05) is 6.08 Å². The van der Waals surface area contributed by atoms with Gasteiger partial charge in [0.25, 0.3) is 0 Å². The second kappa shape index (κ2) is 34.0. The zero-order valence-electron chi connectivity index (χ0n) is 26.1. The van der Waals surface area contributed by atoms with Gasteiger partial charge in [0.2, 0.25) is 0 Å². The first-order chi connectivity index (χ1) is 18.8. The molecule has 224 valence electrons. The lowest BCUT2D eigenvalue weighted by Crippen LogP contribution is -1.98. The Morgan fingerprint density at radius 2 is 0.737 bits per heavy atom. The summed E-state index contributed by atoms with van der Waals surface area (Å²) in [4.78, 5) is 11.9. The molecule has 0 radical (unpaired) electrons. The molecular formula is C36H68O2. The number of esters is 1. The SMILES string of the molecule is CCCCCCCC/C=C\CCCCCCCC(=O)O/C=C/CCCCCCCCCCCCCCCC. The summed E-state index contributed by atoms with van der Waals surface area (Å²) in [6, 6.07) is 0. The van der Waals surface area contributed by atoms with Crippen LogP contribution in [0.25, 0.3) is 0 Å². The van der Waals surface area contributed by atoms with Crippen molar-refractivity contribution in [3.8, 4) is 0 Å². The molecule has 38 heavy (non-hydrogen) atoms. The van der Waals surface area contributed by atoms with Crippen molar-refractivity contribution in [2.45, 2.75) is 200 Å². The number of hydrogen-bond donors (Lipinski definition) is 0. The Morgan fingerprint density at radius 3 is 1.13 bits per heavy atom. The summed E-state index contributed by atoms with van der Waals surface area (Å²) in [7, 11) is 0. The number of ether oxygens (including phenoxy) is 1. The molecule has 0 rings (SSSR count). The van der Waals surface area contributed by atoms with Crippen LogP contribution in [0.5, 0.6) is 0 Å². The molecule has 0 N–H and O–H groups in total. The van der Waals surface area contributed by atoms with Gasteiger partial charge in [0, 0.05) is 6.42 Å². The molecule has 0 aromatic carbocycles. The van der Waals surface area contributed by atoms with E-state index in [0.29, 0.717) is 6.42 Å². The van der Waals surface area contributed by atoms with E-state index in [2.05, 4.69) is 26.0 Å². The second-order valence-electron chi connectivity index (χ2n) is 11.6. The third-order valence-corrected chi connectivity index (χ3v) is 7.66. The standard InChI is InChI=1S/C36H68O2/c1-3-5-7-9-11-13-15-17-19-21-23-25-27-29-31-33-35-38-36(37)34-32-30-28-26-24-22-20-18-16-14-12-10-8-6-4-2/h18,20,33,35H,3-17,19,21-32,34H2,1-2H3/b20-18-,35-33+. The monoisotopic (exact) mass is 533 g/mol. The summed E-state index contributed by atoms with van der Waals surface area (Å²) in [5.41, 5.74) is 0. The van der Waals surface area contributed by atoms with Crippen LogP contribution >= 0.6 is 0 Å². The Bertz CT molecular complexity index is 507. The summed E-state index contributed by atoms with van der Waals surface area (Å²) < 4.78 is 5.25. The third kappa shape index (κ3) is 33.0. The van der Waals surface area contributed by atoms with E-state index in [0.717, 1.165) is 19.3 Å². The van der Waals surface area contributed by atoms with E-state index < -0.39 is 0 Å². The Hall–Kier alpha value is -1.05. The van der Waals surface area contributed by atoms with Gasteiger partial charge in [0.15, 0.2) is 0 Å². The van der Waals surface area contributed by atoms with Gasteiger partial charge >= 0.3 is 5.97 Å². The Labute approximate surface area is 239 Å². The normalized spacial score (nSPS) is 11.7. The highest BCUT2D eigenvalue weighted by Gasteiger charge is 2.00. The summed E-state index contributed by atoms with van der Waals surface area (Å²) >= 11 is 0. The number of rotatable bonds is 31. The van der Waals surface area contributed by atoms with Gasteiger partial charge in [0.05, 0.1) is 6.26 Å². The van der Waals surface area contributed by atoms with Crippen LogP contribution in [0.1, 0.15) is 200 Å². The lowest BCUT2D eigenvalue weighted by atomic mass is 10.0. The van der Waals surface area contributed by atoms with E-state index in [4.69, 9.17) is 4.74 Å². The van der Waals surface area contributed by atoms with E-state index in [1.165, 1.54) is 161 Å². The predicted octanol–water partition coefficient (Wildman–Crippen LogP) is 13.0. The molecule has 0 heterocycles. The maximum absolute atomic E-state index is 11.9. The van der Waals surface area contributed by atoms with Crippen LogP contribution in [0.4, 0.5) is 0 Å². The molecule has 2 heteroatoms. The zero-order valence-corrected chi connectivity index (χ0v) is 26.1. The highest BCUT2D eigenvalue weighted by Crippen LogP contribution is 2.14. The number of carbonyl (C=O) groups is 1. The molecule has 0 atom stereocenters. The average Bonchev–Trinajstić information content (AvgIpc) is 2.92. The van der Waals surface area contributed by atoms with Gasteiger partial charge in [-0.2, -0.15) is 0 Å². The molecule has 0 amide bonds. The largest absolute Gasteiger partial charge is 0.435 e. The van der Waals surface area contributed by atoms with Crippen molar-refractivity contribution in [1.29, 1.82) is 0 Å². The van der Waals surface area contributed by atoms with Crippen LogP contribution in [0, 0.1) is 0 Å². The van der Waals surface area contributed by atoms with Gasteiger partial charge < -0.3 is 4.74 Å². The molecule has 0 saturated heterocycles. The minimum Gasteiger partial charge on any atom is -0.435 e. The Kier molecular flexibility index (Phi) is 33.0. The molecule has 0 aromatic rings. The molecule has 0 unspecified atom stereocenters. The zero-order chi connectivity index (χ0) is 27.6. The predicted molar refractivity (Wildman–Crippen MR) is 170 cm³/mol. The number of unbranched alkanes of at least 4 members (excludes halogenated alkanes) is 25. The quantitative estimate of drug-likeness (QED) is 0.0384. The van der Waals surface area contributed by atoms with E-state index in [-0.39, 0.29) is 5.97 Å². The highest BCUT2D eigenvalue weighted by molar-refractivity contribution is 5.69. The first kappa shape index (κ1) is 37.0. The molecule has 0 bridgehead atoms. The molecule has 2 nitrogen and oxygen atoms in total. The van der Waals surface area contributed by atoms with E-state index in [9.17, 15) is 4.79 Å². The lowest BCUT2D eigenvalue weighted by molar-refractivity contribution is -0.138. The van der Waals surface area contributed by atoms with E-state index >= 15 is 0 Å². The summed E-state index contributed by atoms with van der Waals surface area (Å²) in [5, 5.41) is 0. The first-order valence-electron chi connectivity index (χ1n) is 17.3. The van der Waals surface area contributed by atoms with Crippen molar-refractivity contribution in [3.05, 3.63) is 24.5 Å². The topological polar surface area (TPSA) is 26.3 Å². The van der Waals surface area contributed by atoms with Crippen LogP contribution in [-0.4, -0.2) is 5.97 Å². The fourth-order valence-corrected chi connectivity index (χ4v) is 5.05. The third-order valence-electron chi connectivity index (χ3n) is 7.66. The summed E-state index contributed by atoms with van der Waals surface area (Å²) in [6.45, 7) is 4.56. The molecule has 0 fully saturated rings. The van der Waals surface area contributed by atoms with Gasteiger partial charge in [0.1, 0.15) is 0 Å². The number of carbonyl (C=O) groups excluding carboxylic acids is 1. The number of hydrogen-bond acceptors (Lipinski definition) is 2. The maximum Gasteiger partial charge on any atom is 0.310 e. The highest BCUT2D eigenvalue weighted by atomic mass is 16.5. The van der Waals surface area contributed by atoms with E-state index in [1.54, 1.807) is 6.26 Å². The lowest BCUT2D eigenvalue weighted by Gasteiger charge is -2.03. The van der Waals surface area contributed by atoms with Crippen LogP contribution < -0.4 is 0 Å². The molecule has 0 aliphatic heterocycles. The summed E-state index contributed by atoms with van der Waals surface area (Å²) in [6.07, 6.45) is 46.1. The maximum atomic E-state index is 11.9. The molecule has 0 aromatic heterocycles. The smallest absolute Gasteiger partial charge is 0.310 e. The average molecular weight is 533 g/mol. The molecular weight excluding hydrogens is 464 g/mol. The van der Waals surface area contributed by atoms with Crippen molar-refractivity contribution in [1.82, 2.24) is 0 Å². The van der Waals surface area contributed by atoms with Crippen LogP contribution in [0.2, 0.25) is 0 Å². The molecule has 0 aliphatic carbocycles. The fraction of sp³-hybridized carbons (Fsp3) is 0.861. The van der Waals surface area contributed by atoms with Crippen LogP contribution in [-0.2, 0) is 9.53 Å². The van der Waals surface area contributed by atoms with Gasteiger partial charge in [-0.05, 0) is 51.0 Å². The van der Waals surface area contributed by atoms with Crippen LogP contribution in [0.3, 0.4) is 0 Å². The van der Waals surface area contributed by atoms with Gasteiger partial charge in [-0.25, -0.2) is 0 Å². The Balaban J connectivity index is 3.26. The van der Waals surface area contributed by atoms with Crippen molar-refractivity contribution < 1.29 is 9.53 Å². The summed E-state index contributed by atoms with van der Waals surface area (Å²) in [5.74, 6) is -0.0696. The first-order valence-corrected chi connectivity index (χ1v) is 17.3. The molecule has 0 aliphatic rings. The fourth-order valence-electron chi connectivity index (χ4n) is 5.05. The molecule has 0 spiro atoms. The van der Waals surface area contributed by atoms with Crippen molar-refractivity contribution in [3.63, 3.8) is 0 Å². The van der Waals surface area contributed by atoms with Gasteiger partial charge in [-0.15, -0.1) is 0 Å². The minimum absolute atomic E-state index is 0.0696. The van der Waals surface area contributed by atoms with Crippen LogP contribution in [0.15, 0.2) is 24.5 Å². The second-order valence-corrected chi connectivity index (χ2v) is 11.6. The number of allylic oxidation sites excluding steroid dienone is 3. The minimum atomic E-state index is -0.0696. The Morgan fingerprint density at radius 1 is 0.421 bits per heavy atom.